The monoisotopic (exact) mass is 468 g/mol. The molecule has 0 aliphatic heterocycles. The molecular weight excluding hydrogens is 444 g/mol. The Labute approximate surface area is 189 Å². The van der Waals surface area contributed by atoms with Gasteiger partial charge in [-0.3, -0.25) is 4.79 Å². The first-order valence-electron chi connectivity index (χ1n) is 10.0. The van der Waals surface area contributed by atoms with E-state index in [1.807, 2.05) is 6.92 Å². The molecule has 0 saturated heterocycles. The summed E-state index contributed by atoms with van der Waals surface area (Å²) < 4.78 is 58.7. The van der Waals surface area contributed by atoms with Crippen LogP contribution in [0.4, 0.5) is 23.2 Å². The molecule has 4 nitrogen and oxygen atoms in total. The summed E-state index contributed by atoms with van der Waals surface area (Å²) in [6.45, 7) is 3.90. The van der Waals surface area contributed by atoms with Crippen molar-refractivity contribution in [2.24, 2.45) is 0 Å². The molecule has 2 aromatic carbocycles. The van der Waals surface area contributed by atoms with E-state index in [9.17, 15) is 22.4 Å². The van der Waals surface area contributed by atoms with E-state index in [2.05, 4.69) is 5.32 Å². The number of nitrogens with zero attached hydrogens (tertiary/aromatic N) is 1. The van der Waals surface area contributed by atoms with Gasteiger partial charge in [-0.1, -0.05) is 19.8 Å². The molecule has 1 unspecified atom stereocenters. The Hall–Kier alpha value is -2.57. The van der Waals surface area contributed by atoms with Crippen LogP contribution in [-0.2, 0) is 15.7 Å². The summed E-state index contributed by atoms with van der Waals surface area (Å²) in [5.74, 6) is -0.827. The number of benzene rings is 2. The average molecular weight is 469 g/mol. The number of nitriles is 1. The van der Waals surface area contributed by atoms with Crippen LogP contribution in [0, 0.1) is 17.1 Å². The molecule has 2 rings (SSSR count). The minimum absolute atomic E-state index is 0.0866. The number of carbonyl (C=O) groups is 1. The van der Waals surface area contributed by atoms with E-state index in [-0.39, 0.29) is 17.3 Å². The smallest absolute Gasteiger partial charge is 0.365 e. The van der Waals surface area contributed by atoms with Gasteiger partial charge >= 0.3 is 6.18 Å². The van der Waals surface area contributed by atoms with Gasteiger partial charge in [-0.2, -0.15) is 18.4 Å². The van der Waals surface area contributed by atoms with Gasteiger partial charge in [0, 0.05) is 22.9 Å². The Morgan fingerprint density at radius 3 is 2.44 bits per heavy atom. The number of ether oxygens (including phenoxy) is 1. The van der Waals surface area contributed by atoms with E-state index in [1.165, 1.54) is 36.0 Å². The third kappa shape index (κ3) is 7.24. The molecule has 0 saturated carbocycles. The maximum atomic E-state index is 13.2. The molecule has 2 aromatic rings. The molecule has 32 heavy (non-hydrogen) atoms. The van der Waals surface area contributed by atoms with Crippen molar-refractivity contribution < 1.29 is 27.1 Å². The van der Waals surface area contributed by atoms with Gasteiger partial charge in [-0.05, 0) is 55.8 Å². The summed E-state index contributed by atoms with van der Waals surface area (Å²) in [6.07, 6.45) is -2.13. The van der Waals surface area contributed by atoms with Gasteiger partial charge in [0.15, 0.2) is 5.60 Å². The zero-order valence-electron chi connectivity index (χ0n) is 17.8. The van der Waals surface area contributed by atoms with Crippen LogP contribution in [0.2, 0.25) is 0 Å². The molecule has 0 aliphatic carbocycles. The fourth-order valence-corrected chi connectivity index (χ4v) is 3.78. The molecule has 0 heterocycles. The molecule has 1 amide bonds. The Balaban J connectivity index is 2.21. The van der Waals surface area contributed by atoms with E-state index in [0.717, 1.165) is 36.3 Å². The highest BCUT2D eigenvalue weighted by Gasteiger charge is 2.36. The lowest BCUT2D eigenvalue weighted by atomic mass is 10.1. The summed E-state index contributed by atoms with van der Waals surface area (Å²) in [7, 11) is 0. The third-order valence-corrected chi connectivity index (χ3v) is 5.98. The largest absolute Gasteiger partial charge is 0.417 e. The lowest BCUT2D eigenvalue weighted by molar-refractivity contribution is -0.138. The SMILES string of the molecule is CCCCCOC(C)(CSc1ccc(F)cc1)C(=O)Nc1ccc(C#N)c(C(F)(F)F)c1. The fraction of sp³-hybridized carbons (Fsp3) is 0.391. The number of unbranched alkanes of at least 4 members (excludes halogenated alkanes) is 2. The molecule has 0 aromatic heterocycles. The first-order chi connectivity index (χ1) is 15.1. The summed E-state index contributed by atoms with van der Waals surface area (Å²) >= 11 is 1.28. The number of carbonyl (C=O) groups excluding carboxylic acids is 1. The Bertz CT molecular complexity index is 958. The maximum absolute atomic E-state index is 13.2. The van der Waals surface area contributed by atoms with Crippen LogP contribution in [0.25, 0.3) is 0 Å². The van der Waals surface area contributed by atoms with Crippen molar-refractivity contribution in [3.8, 4) is 6.07 Å². The van der Waals surface area contributed by atoms with Crippen LogP contribution in [0.1, 0.15) is 44.2 Å². The lowest BCUT2D eigenvalue weighted by Gasteiger charge is -2.29. The number of nitrogens with one attached hydrogen (secondary N) is 1. The number of anilines is 1. The quantitative estimate of drug-likeness (QED) is 0.249. The number of hydrogen-bond donors (Lipinski definition) is 1. The first kappa shape index (κ1) is 25.7. The second-order valence-corrected chi connectivity index (χ2v) is 8.40. The second kappa shape index (κ2) is 11.3. The van der Waals surface area contributed by atoms with E-state index in [0.29, 0.717) is 6.61 Å². The van der Waals surface area contributed by atoms with Crippen molar-refractivity contribution in [3.05, 3.63) is 59.4 Å². The zero-order chi connectivity index (χ0) is 23.8. The predicted octanol–water partition coefficient (Wildman–Crippen LogP) is 6.41. The third-order valence-electron chi connectivity index (χ3n) is 4.68. The van der Waals surface area contributed by atoms with Crippen molar-refractivity contribution in [1.82, 2.24) is 0 Å². The van der Waals surface area contributed by atoms with E-state index < -0.39 is 28.8 Å². The minimum atomic E-state index is -4.73. The minimum Gasteiger partial charge on any atom is -0.365 e. The van der Waals surface area contributed by atoms with Crippen LogP contribution in [-0.4, -0.2) is 23.9 Å². The summed E-state index contributed by atoms with van der Waals surface area (Å²) in [5, 5.41) is 11.4. The number of hydrogen-bond acceptors (Lipinski definition) is 4. The fourth-order valence-electron chi connectivity index (χ4n) is 2.79. The highest BCUT2D eigenvalue weighted by molar-refractivity contribution is 7.99. The molecule has 172 valence electrons. The molecule has 0 bridgehead atoms. The zero-order valence-corrected chi connectivity index (χ0v) is 18.6. The van der Waals surface area contributed by atoms with Gasteiger partial charge in [0.05, 0.1) is 17.2 Å². The number of thioether (sulfide) groups is 1. The molecule has 0 fully saturated rings. The summed E-state index contributed by atoms with van der Waals surface area (Å²) in [6, 6.07) is 10.3. The predicted molar refractivity (Wildman–Crippen MR) is 116 cm³/mol. The van der Waals surface area contributed by atoms with Gasteiger partial charge in [-0.25, -0.2) is 4.39 Å². The molecule has 9 heteroatoms. The van der Waals surface area contributed by atoms with E-state index in [4.69, 9.17) is 10.00 Å². The van der Waals surface area contributed by atoms with Gasteiger partial charge in [0.25, 0.3) is 5.91 Å². The number of halogens is 4. The molecular formula is C23H24F4N2O2S. The van der Waals surface area contributed by atoms with Gasteiger partial charge in [0.2, 0.25) is 0 Å². The van der Waals surface area contributed by atoms with Crippen LogP contribution >= 0.6 is 11.8 Å². The number of alkyl halides is 3. The topological polar surface area (TPSA) is 62.1 Å². The lowest BCUT2D eigenvalue weighted by Crippen LogP contribution is -2.45. The van der Waals surface area contributed by atoms with E-state index >= 15 is 0 Å². The van der Waals surface area contributed by atoms with Gasteiger partial charge in [-0.15, -0.1) is 11.8 Å². The molecule has 0 spiro atoms. The highest BCUT2D eigenvalue weighted by atomic mass is 32.2. The first-order valence-corrected chi connectivity index (χ1v) is 11.0. The molecule has 0 aliphatic rings. The normalized spacial score (nSPS) is 13.3. The van der Waals surface area contributed by atoms with Crippen molar-refractivity contribution >= 4 is 23.4 Å². The maximum Gasteiger partial charge on any atom is 0.417 e. The van der Waals surface area contributed by atoms with E-state index in [1.54, 1.807) is 19.1 Å². The van der Waals surface area contributed by atoms with Crippen molar-refractivity contribution in [2.45, 2.75) is 49.8 Å². The Morgan fingerprint density at radius 2 is 1.84 bits per heavy atom. The molecule has 1 N–H and O–H groups in total. The Morgan fingerprint density at radius 1 is 1.16 bits per heavy atom. The van der Waals surface area contributed by atoms with Crippen molar-refractivity contribution in [2.75, 3.05) is 17.7 Å². The number of rotatable bonds is 10. The van der Waals surface area contributed by atoms with Crippen LogP contribution in [0.15, 0.2) is 47.4 Å². The number of amides is 1. The van der Waals surface area contributed by atoms with Crippen LogP contribution in [0.3, 0.4) is 0 Å². The standard InChI is InChI=1S/C23H24F4N2O2S/c1-3-4-5-12-31-22(2,15-32-19-10-7-17(24)8-11-19)21(30)29-18-9-6-16(14-28)20(13-18)23(25,26)27/h6-11,13H,3-5,12,15H2,1-2H3,(H,29,30). The van der Waals surface area contributed by atoms with Crippen molar-refractivity contribution in [1.29, 1.82) is 5.26 Å². The highest BCUT2D eigenvalue weighted by Crippen LogP contribution is 2.34. The Kier molecular flexibility index (Phi) is 9.10. The average Bonchev–Trinajstić information content (AvgIpc) is 2.75. The van der Waals surface area contributed by atoms with Crippen molar-refractivity contribution in [3.63, 3.8) is 0 Å². The summed E-state index contributed by atoms with van der Waals surface area (Å²) in [4.78, 5) is 13.8. The van der Waals surface area contributed by atoms with Gasteiger partial charge in [0.1, 0.15) is 5.82 Å². The second-order valence-electron chi connectivity index (χ2n) is 7.35. The van der Waals surface area contributed by atoms with Gasteiger partial charge < -0.3 is 10.1 Å². The molecule has 1 atom stereocenters. The molecule has 0 radical (unpaired) electrons. The van der Waals surface area contributed by atoms with Crippen LogP contribution < -0.4 is 5.32 Å². The van der Waals surface area contributed by atoms with Crippen LogP contribution in [0.5, 0.6) is 0 Å². The summed E-state index contributed by atoms with van der Waals surface area (Å²) in [5.41, 5.74) is -3.08.